The molecule has 0 aliphatic rings. The van der Waals surface area contributed by atoms with E-state index in [0.29, 0.717) is 18.0 Å². The van der Waals surface area contributed by atoms with E-state index < -0.39 is 0 Å². The Balaban J connectivity index is 0.00000106. The molecule has 4 nitrogen and oxygen atoms in total. The highest BCUT2D eigenvalue weighted by Crippen LogP contribution is 2.23. The fraction of sp³-hybridized carbons (Fsp3) is 0.269. The highest BCUT2D eigenvalue weighted by Gasteiger charge is 2.02. The summed E-state index contributed by atoms with van der Waals surface area (Å²) in [5, 5.41) is 6.34. The Kier molecular flexibility index (Phi) is 11.4. The third-order valence-corrected chi connectivity index (χ3v) is 4.15. The minimum atomic E-state index is 0.0294. The van der Waals surface area contributed by atoms with Gasteiger partial charge in [-0.3, -0.25) is 4.79 Å². The van der Waals surface area contributed by atoms with E-state index in [4.69, 9.17) is 4.74 Å². The van der Waals surface area contributed by atoms with Crippen LogP contribution in [0.2, 0.25) is 0 Å². The zero-order valence-corrected chi connectivity index (χ0v) is 19.0. The molecule has 0 saturated heterocycles. The molecule has 0 saturated carbocycles. The Bertz CT molecular complexity index is 872. The van der Waals surface area contributed by atoms with Crippen LogP contribution in [-0.4, -0.2) is 19.6 Å². The minimum Gasteiger partial charge on any atom is -0.473 e. The highest BCUT2D eigenvalue weighted by molar-refractivity contribution is 5.94. The maximum Gasteiger partial charge on any atom is 0.159 e. The summed E-state index contributed by atoms with van der Waals surface area (Å²) in [6.45, 7) is 9.88. The number of nitrogens with one attached hydrogen (secondary N) is 2. The van der Waals surface area contributed by atoms with Gasteiger partial charge < -0.3 is 15.4 Å². The molecule has 160 valence electrons. The fourth-order valence-electron chi connectivity index (χ4n) is 2.62. The molecule has 3 aromatic carbocycles. The van der Waals surface area contributed by atoms with E-state index in [0.717, 1.165) is 16.9 Å². The average molecular weight is 407 g/mol. The number of ether oxygens (including phenoxy) is 1. The van der Waals surface area contributed by atoms with E-state index in [1.54, 1.807) is 19.1 Å². The molecular weight excluding hydrogens is 372 g/mol. The van der Waals surface area contributed by atoms with E-state index in [-0.39, 0.29) is 5.78 Å². The molecule has 0 aliphatic carbocycles. The lowest BCUT2D eigenvalue weighted by molar-refractivity contribution is 0.101. The summed E-state index contributed by atoms with van der Waals surface area (Å²) in [6, 6.07) is 23.7. The Morgan fingerprint density at radius 2 is 1.33 bits per heavy atom. The summed E-state index contributed by atoms with van der Waals surface area (Å²) < 4.78 is 5.67. The molecule has 0 fully saturated rings. The van der Waals surface area contributed by atoms with Crippen LogP contribution in [0.1, 0.15) is 45.0 Å². The molecule has 0 spiro atoms. The van der Waals surface area contributed by atoms with Gasteiger partial charge in [-0.2, -0.15) is 0 Å². The SMILES string of the molecule is CC.CC.CNc1ccc(-c2ccc(NCOc3cccc(C(C)=O)c3)cc2)cc1. The van der Waals surface area contributed by atoms with Crippen LogP contribution < -0.4 is 15.4 Å². The summed E-state index contributed by atoms with van der Waals surface area (Å²) in [5.74, 6) is 0.702. The molecule has 0 amide bonds. The summed E-state index contributed by atoms with van der Waals surface area (Å²) >= 11 is 0. The fourth-order valence-corrected chi connectivity index (χ4v) is 2.62. The van der Waals surface area contributed by atoms with Crippen molar-refractivity contribution in [2.24, 2.45) is 0 Å². The number of benzene rings is 3. The van der Waals surface area contributed by atoms with Gasteiger partial charge in [0.05, 0.1) is 0 Å². The van der Waals surface area contributed by atoms with E-state index >= 15 is 0 Å². The van der Waals surface area contributed by atoms with Crippen molar-refractivity contribution in [3.8, 4) is 16.9 Å². The van der Waals surface area contributed by atoms with Gasteiger partial charge in [0.1, 0.15) is 5.75 Å². The highest BCUT2D eigenvalue weighted by atomic mass is 16.5. The Morgan fingerprint density at radius 1 is 0.800 bits per heavy atom. The number of hydrogen-bond acceptors (Lipinski definition) is 4. The standard InChI is InChI=1S/C22H22N2O2.2C2H6/c1-16(25)19-4-3-5-22(14-19)26-15-24-21-12-8-18(9-13-21)17-6-10-20(23-2)11-7-17;2*1-2/h3-14,23-24H,15H2,1-2H3;2*1-2H3. The van der Waals surface area contributed by atoms with Gasteiger partial charge in [0.2, 0.25) is 0 Å². The Morgan fingerprint density at radius 3 is 1.83 bits per heavy atom. The quantitative estimate of drug-likeness (QED) is 0.324. The van der Waals surface area contributed by atoms with Gasteiger partial charge in [0.25, 0.3) is 0 Å². The molecule has 4 heteroatoms. The number of carbonyl (C=O) groups is 1. The van der Waals surface area contributed by atoms with Gasteiger partial charge in [-0.1, -0.05) is 64.1 Å². The van der Waals surface area contributed by atoms with Crippen LogP contribution in [0.5, 0.6) is 5.75 Å². The number of Topliss-reactive ketones (excluding diaryl/α,β-unsaturated/α-hetero) is 1. The number of anilines is 2. The van der Waals surface area contributed by atoms with Crippen molar-refractivity contribution in [2.75, 3.05) is 24.4 Å². The summed E-state index contributed by atoms with van der Waals surface area (Å²) in [7, 11) is 1.91. The Hall–Kier alpha value is -3.27. The van der Waals surface area contributed by atoms with Crippen LogP contribution in [0, 0.1) is 0 Å². The zero-order valence-electron chi connectivity index (χ0n) is 19.0. The lowest BCUT2D eigenvalue weighted by Crippen LogP contribution is -2.09. The number of ketones is 1. The third-order valence-electron chi connectivity index (χ3n) is 4.15. The van der Waals surface area contributed by atoms with Crippen molar-refractivity contribution in [2.45, 2.75) is 34.6 Å². The van der Waals surface area contributed by atoms with E-state index in [2.05, 4.69) is 47.0 Å². The molecule has 3 rings (SSSR count). The zero-order chi connectivity index (χ0) is 22.4. The van der Waals surface area contributed by atoms with Gasteiger partial charge in [-0.05, 0) is 54.4 Å². The number of hydrogen-bond donors (Lipinski definition) is 2. The van der Waals surface area contributed by atoms with Crippen molar-refractivity contribution >= 4 is 17.2 Å². The van der Waals surface area contributed by atoms with Crippen molar-refractivity contribution in [3.63, 3.8) is 0 Å². The number of carbonyl (C=O) groups excluding carboxylic acids is 1. The lowest BCUT2D eigenvalue weighted by Gasteiger charge is -2.10. The van der Waals surface area contributed by atoms with Crippen molar-refractivity contribution in [1.82, 2.24) is 0 Å². The van der Waals surface area contributed by atoms with E-state index in [1.807, 2.05) is 59.0 Å². The molecule has 0 bridgehead atoms. The average Bonchev–Trinajstić information content (AvgIpc) is 2.82. The molecule has 0 radical (unpaired) electrons. The van der Waals surface area contributed by atoms with Crippen LogP contribution in [0.15, 0.2) is 72.8 Å². The second kappa shape index (κ2) is 13.8. The lowest BCUT2D eigenvalue weighted by atomic mass is 10.1. The van der Waals surface area contributed by atoms with Crippen molar-refractivity contribution in [3.05, 3.63) is 78.4 Å². The molecule has 0 aliphatic heterocycles. The third kappa shape index (κ3) is 7.63. The maximum absolute atomic E-state index is 11.4. The first kappa shape index (κ1) is 24.8. The topological polar surface area (TPSA) is 50.4 Å². The molecule has 0 aromatic heterocycles. The van der Waals surface area contributed by atoms with Gasteiger partial charge in [0, 0.05) is 24.0 Å². The predicted molar refractivity (Wildman–Crippen MR) is 130 cm³/mol. The first-order valence-electron chi connectivity index (χ1n) is 10.5. The second-order valence-electron chi connectivity index (χ2n) is 5.95. The molecule has 3 aromatic rings. The van der Waals surface area contributed by atoms with Crippen LogP contribution in [0.25, 0.3) is 11.1 Å². The van der Waals surface area contributed by atoms with Gasteiger partial charge in [-0.15, -0.1) is 0 Å². The van der Waals surface area contributed by atoms with E-state index in [9.17, 15) is 4.79 Å². The maximum atomic E-state index is 11.4. The summed E-state index contributed by atoms with van der Waals surface area (Å²) in [4.78, 5) is 11.4. The first-order valence-corrected chi connectivity index (χ1v) is 10.5. The molecule has 0 unspecified atom stereocenters. The monoisotopic (exact) mass is 406 g/mol. The van der Waals surface area contributed by atoms with Crippen molar-refractivity contribution in [1.29, 1.82) is 0 Å². The van der Waals surface area contributed by atoms with E-state index in [1.165, 1.54) is 5.56 Å². The Labute approximate surface area is 181 Å². The largest absolute Gasteiger partial charge is 0.473 e. The normalized spacial score (nSPS) is 9.27. The molecule has 30 heavy (non-hydrogen) atoms. The van der Waals surface area contributed by atoms with Crippen molar-refractivity contribution < 1.29 is 9.53 Å². The van der Waals surface area contributed by atoms with Crippen LogP contribution in [0.3, 0.4) is 0 Å². The summed E-state index contributed by atoms with van der Waals surface area (Å²) in [5.41, 5.74) is 5.05. The molecular formula is C26H34N2O2. The van der Waals surface area contributed by atoms with Crippen LogP contribution in [0.4, 0.5) is 11.4 Å². The first-order chi connectivity index (χ1) is 14.7. The summed E-state index contributed by atoms with van der Waals surface area (Å²) in [6.07, 6.45) is 0. The predicted octanol–water partition coefficient (Wildman–Crippen LogP) is 7.10. The number of rotatable bonds is 7. The smallest absolute Gasteiger partial charge is 0.159 e. The van der Waals surface area contributed by atoms with Crippen LogP contribution >= 0.6 is 0 Å². The molecule has 0 atom stereocenters. The minimum absolute atomic E-state index is 0.0294. The van der Waals surface area contributed by atoms with Gasteiger partial charge in [-0.25, -0.2) is 0 Å². The van der Waals surface area contributed by atoms with Gasteiger partial charge in [0.15, 0.2) is 12.5 Å². The second-order valence-corrected chi connectivity index (χ2v) is 5.95. The molecule has 2 N–H and O–H groups in total. The van der Waals surface area contributed by atoms with Crippen LogP contribution in [-0.2, 0) is 0 Å². The molecule has 0 heterocycles. The van der Waals surface area contributed by atoms with Gasteiger partial charge >= 0.3 is 0 Å².